The van der Waals surface area contributed by atoms with Crippen molar-refractivity contribution in [3.63, 3.8) is 0 Å². The van der Waals surface area contributed by atoms with Gasteiger partial charge in [-0.3, -0.25) is 9.59 Å². The van der Waals surface area contributed by atoms with Crippen LogP contribution in [0, 0.1) is 0 Å². The molecule has 2 amide bonds. The van der Waals surface area contributed by atoms with Gasteiger partial charge in [-0.2, -0.15) is 0 Å². The van der Waals surface area contributed by atoms with E-state index in [0.717, 1.165) is 19.6 Å². The van der Waals surface area contributed by atoms with Crippen LogP contribution in [0.3, 0.4) is 0 Å². The van der Waals surface area contributed by atoms with Crippen molar-refractivity contribution in [3.05, 3.63) is 54.0 Å². The molecule has 0 aliphatic carbocycles. The molecule has 130 valence electrons. The number of nitrogens with zero attached hydrogens (tertiary/aromatic N) is 4. The standard InChI is InChI=1S/C18H21N5O2/c1-2-22-10-12-23(13-11-22)18(25)15-16(20-9-8-19-15)21-17(24)14-6-4-3-5-7-14/h3-9H,2,10-13H2,1H3,(H,20,21,24). The van der Waals surface area contributed by atoms with Gasteiger partial charge in [-0.1, -0.05) is 25.1 Å². The van der Waals surface area contributed by atoms with Gasteiger partial charge in [0.15, 0.2) is 11.5 Å². The first-order valence-corrected chi connectivity index (χ1v) is 8.38. The highest BCUT2D eigenvalue weighted by Gasteiger charge is 2.25. The molecule has 7 heteroatoms. The molecule has 2 aromatic rings. The number of hydrogen-bond acceptors (Lipinski definition) is 5. The maximum Gasteiger partial charge on any atom is 0.276 e. The fourth-order valence-corrected chi connectivity index (χ4v) is 2.77. The van der Waals surface area contributed by atoms with Crippen LogP contribution in [0.5, 0.6) is 0 Å². The summed E-state index contributed by atoms with van der Waals surface area (Å²) < 4.78 is 0. The van der Waals surface area contributed by atoms with Gasteiger partial charge in [0, 0.05) is 44.1 Å². The number of likely N-dealkylation sites (N-methyl/N-ethyl adjacent to an activating group) is 1. The van der Waals surface area contributed by atoms with Gasteiger partial charge in [0.1, 0.15) is 0 Å². The van der Waals surface area contributed by atoms with E-state index in [1.54, 1.807) is 29.2 Å². The Hall–Kier alpha value is -2.80. The summed E-state index contributed by atoms with van der Waals surface area (Å²) in [7, 11) is 0. The number of rotatable bonds is 4. The number of hydrogen-bond donors (Lipinski definition) is 1. The van der Waals surface area contributed by atoms with Gasteiger partial charge in [0.25, 0.3) is 11.8 Å². The van der Waals surface area contributed by atoms with Crippen molar-refractivity contribution in [2.24, 2.45) is 0 Å². The summed E-state index contributed by atoms with van der Waals surface area (Å²) in [5.41, 5.74) is 0.680. The Balaban J connectivity index is 1.75. The largest absolute Gasteiger partial charge is 0.335 e. The summed E-state index contributed by atoms with van der Waals surface area (Å²) >= 11 is 0. The minimum absolute atomic E-state index is 0.178. The lowest BCUT2D eigenvalue weighted by molar-refractivity contribution is 0.0638. The second kappa shape index (κ2) is 7.85. The fraction of sp³-hybridized carbons (Fsp3) is 0.333. The van der Waals surface area contributed by atoms with Crippen LogP contribution in [-0.2, 0) is 0 Å². The number of anilines is 1. The van der Waals surface area contributed by atoms with Crippen molar-refractivity contribution in [2.45, 2.75) is 6.92 Å². The third kappa shape index (κ3) is 4.00. The zero-order valence-corrected chi connectivity index (χ0v) is 14.2. The summed E-state index contributed by atoms with van der Waals surface area (Å²) in [5.74, 6) is -0.322. The predicted molar refractivity (Wildman–Crippen MR) is 94.4 cm³/mol. The molecule has 1 aromatic carbocycles. The van der Waals surface area contributed by atoms with Crippen molar-refractivity contribution in [1.82, 2.24) is 19.8 Å². The maximum absolute atomic E-state index is 12.8. The van der Waals surface area contributed by atoms with Crippen LogP contribution in [0.2, 0.25) is 0 Å². The van der Waals surface area contributed by atoms with Gasteiger partial charge < -0.3 is 15.1 Å². The van der Waals surface area contributed by atoms with E-state index in [2.05, 4.69) is 27.1 Å². The molecule has 1 aromatic heterocycles. The third-order valence-corrected chi connectivity index (χ3v) is 4.28. The van der Waals surface area contributed by atoms with Crippen LogP contribution >= 0.6 is 0 Å². The predicted octanol–water partition coefficient (Wildman–Crippen LogP) is 1.51. The van der Waals surface area contributed by atoms with E-state index >= 15 is 0 Å². The molecule has 0 radical (unpaired) electrons. The van der Waals surface area contributed by atoms with Gasteiger partial charge in [-0.05, 0) is 18.7 Å². The molecular formula is C18H21N5O2. The molecule has 1 N–H and O–H groups in total. The molecule has 7 nitrogen and oxygen atoms in total. The number of aromatic nitrogens is 2. The van der Waals surface area contributed by atoms with Gasteiger partial charge in [0.2, 0.25) is 0 Å². The Morgan fingerprint density at radius 2 is 1.72 bits per heavy atom. The Morgan fingerprint density at radius 3 is 2.40 bits per heavy atom. The number of piperazine rings is 1. The van der Waals surface area contributed by atoms with Gasteiger partial charge in [-0.25, -0.2) is 9.97 Å². The second-order valence-electron chi connectivity index (χ2n) is 5.80. The van der Waals surface area contributed by atoms with Crippen LogP contribution < -0.4 is 5.32 Å². The highest BCUT2D eigenvalue weighted by atomic mass is 16.2. The van der Waals surface area contributed by atoms with Crippen molar-refractivity contribution in [1.29, 1.82) is 0 Å². The second-order valence-corrected chi connectivity index (χ2v) is 5.80. The Morgan fingerprint density at radius 1 is 1.04 bits per heavy atom. The minimum atomic E-state index is -0.314. The van der Waals surface area contributed by atoms with Crippen molar-refractivity contribution in [3.8, 4) is 0 Å². The Bertz CT molecular complexity index is 742. The quantitative estimate of drug-likeness (QED) is 0.913. The van der Waals surface area contributed by atoms with Crippen molar-refractivity contribution in [2.75, 3.05) is 38.0 Å². The highest BCUT2D eigenvalue weighted by molar-refractivity contribution is 6.07. The van der Waals surface area contributed by atoms with Crippen LogP contribution in [0.15, 0.2) is 42.7 Å². The molecular weight excluding hydrogens is 318 g/mol. The van der Waals surface area contributed by atoms with E-state index in [4.69, 9.17) is 0 Å². The Labute approximate surface area is 146 Å². The van der Waals surface area contributed by atoms with E-state index in [0.29, 0.717) is 18.7 Å². The molecule has 1 fully saturated rings. The van der Waals surface area contributed by atoms with E-state index in [-0.39, 0.29) is 23.3 Å². The van der Waals surface area contributed by atoms with E-state index < -0.39 is 0 Å². The molecule has 0 atom stereocenters. The SMILES string of the molecule is CCN1CCN(C(=O)c2nccnc2NC(=O)c2ccccc2)CC1. The van der Waals surface area contributed by atoms with Gasteiger partial charge in [0.05, 0.1) is 0 Å². The van der Waals surface area contributed by atoms with Crippen LogP contribution in [0.1, 0.15) is 27.8 Å². The third-order valence-electron chi connectivity index (χ3n) is 4.28. The first-order chi connectivity index (χ1) is 12.2. The smallest absolute Gasteiger partial charge is 0.276 e. The number of benzene rings is 1. The molecule has 1 saturated heterocycles. The molecule has 1 aliphatic heterocycles. The normalized spacial score (nSPS) is 15.0. The lowest BCUT2D eigenvalue weighted by atomic mass is 10.2. The lowest BCUT2D eigenvalue weighted by Crippen LogP contribution is -2.48. The molecule has 0 bridgehead atoms. The van der Waals surface area contributed by atoms with Crippen molar-refractivity contribution >= 4 is 17.6 Å². The molecule has 1 aliphatic rings. The van der Waals surface area contributed by atoms with E-state index in [9.17, 15) is 9.59 Å². The highest BCUT2D eigenvalue weighted by Crippen LogP contribution is 2.14. The van der Waals surface area contributed by atoms with E-state index in [1.807, 2.05) is 6.07 Å². The summed E-state index contributed by atoms with van der Waals surface area (Å²) in [5, 5.41) is 2.70. The molecule has 3 rings (SSSR count). The van der Waals surface area contributed by atoms with Crippen LogP contribution in [0.4, 0.5) is 5.82 Å². The number of carbonyl (C=O) groups is 2. The van der Waals surface area contributed by atoms with E-state index in [1.165, 1.54) is 12.4 Å². The summed E-state index contributed by atoms with van der Waals surface area (Å²) in [6, 6.07) is 8.81. The zero-order chi connectivity index (χ0) is 17.6. The fourth-order valence-electron chi connectivity index (χ4n) is 2.77. The first-order valence-electron chi connectivity index (χ1n) is 8.38. The summed E-state index contributed by atoms with van der Waals surface area (Å²) in [6.45, 7) is 6.07. The number of amides is 2. The summed E-state index contributed by atoms with van der Waals surface area (Å²) in [6.07, 6.45) is 2.93. The summed E-state index contributed by atoms with van der Waals surface area (Å²) in [4.78, 5) is 37.5. The molecule has 2 heterocycles. The van der Waals surface area contributed by atoms with Gasteiger partial charge >= 0.3 is 0 Å². The van der Waals surface area contributed by atoms with Crippen LogP contribution in [-0.4, -0.2) is 64.3 Å². The van der Waals surface area contributed by atoms with Crippen LogP contribution in [0.25, 0.3) is 0 Å². The molecule has 25 heavy (non-hydrogen) atoms. The molecule has 0 unspecified atom stereocenters. The average Bonchev–Trinajstić information content (AvgIpc) is 2.68. The van der Waals surface area contributed by atoms with Gasteiger partial charge in [-0.15, -0.1) is 0 Å². The monoisotopic (exact) mass is 339 g/mol. The number of carbonyl (C=O) groups excluding carboxylic acids is 2. The minimum Gasteiger partial charge on any atom is -0.335 e. The first kappa shape index (κ1) is 17.0. The Kier molecular flexibility index (Phi) is 5.35. The zero-order valence-electron chi connectivity index (χ0n) is 14.2. The van der Waals surface area contributed by atoms with Crippen molar-refractivity contribution < 1.29 is 9.59 Å². The average molecular weight is 339 g/mol. The topological polar surface area (TPSA) is 78.4 Å². The molecule has 0 saturated carbocycles. The molecule has 0 spiro atoms. The maximum atomic E-state index is 12.8. The lowest BCUT2D eigenvalue weighted by Gasteiger charge is -2.33. The number of nitrogens with one attached hydrogen (secondary N) is 1.